The molecule has 0 aromatic heterocycles. The fourth-order valence-electron chi connectivity index (χ4n) is 1.60. The molecule has 0 atom stereocenters. The molecule has 1 aromatic carbocycles. The van der Waals surface area contributed by atoms with E-state index in [2.05, 4.69) is 5.32 Å². The monoisotopic (exact) mass is 257 g/mol. The van der Waals surface area contributed by atoms with Crippen LogP contribution in [-0.4, -0.2) is 25.4 Å². The summed E-state index contributed by atoms with van der Waals surface area (Å²) in [7, 11) is 1.88. The van der Waals surface area contributed by atoms with Gasteiger partial charge in [0.15, 0.2) is 0 Å². The summed E-state index contributed by atoms with van der Waals surface area (Å²) in [5, 5.41) is 12.5. The van der Waals surface area contributed by atoms with Crippen molar-refractivity contribution in [3.63, 3.8) is 0 Å². The zero-order chi connectivity index (χ0) is 12.5. The van der Waals surface area contributed by atoms with E-state index in [1.165, 1.54) is 0 Å². The molecule has 17 heavy (non-hydrogen) atoms. The number of hydrogen-bond acceptors (Lipinski definition) is 3. The van der Waals surface area contributed by atoms with E-state index in [1.54, 1.807) is 0 Å². The van der Waals surface area contributed by atoms with Crippen LogP contribution >= 0.6 is 11.6 Å². The third kappa shape index (κ3) is 4.94. The van der Waals surface area contributed by atoms with Crippen molar-refractivity contribution in [2.24, 2.45) is 0 Å². The second-order valence-corrected chi connectivity index (χ2v) is 4.29. The van der Waals surface area contributed by atoms with Crippen LogP contribution in [-0.2, 0) is 6.54 Å². The number of hydrogen-bond donors (Lipinski definition) is 2. The van der Waals surface area contributed by atoms with Crippen molar-refractivity contribution >= 4 is 11.6 Å². The number of aliphatic hydroxyl groups excluding tert-OH is 1. The number of rotatable bonds is 8. The zero-order valence-electron chi connectivity index (χ0n) is 10.2. The predicted octanol–water partition coefficient (Wildman–Crippen LogP) is 2.60. The van der Waals surface area contributed by atoms with Crippen molar-refractivity contribution < 1.29 is 9.84 Å². The van der Waals surface area contributed by atoms with Crippen LogP contribution in [0.4, 0.5) is 0 Å². The summed E-state index contributed by atoms with van der Waals surface area (Å²) in [6.45, 7) is 1.62. The fourth-order valence-corrected chi connectivity index (χ4v) is 1.83. The molecule has 0 heterocycles. The molecule has 1 rings (SSSR count). The molecule has 0 aliphatic heterocycles. The minimum Gasteiger partial charge on any atom is -0.493 e. The molecule has 0 fully saturated rings. The average molecular weight is 258 g/mol. The van der Waals surface area contributed by atoms with Gasteiger partial charge in [0.25, 0.3) is 0 Å². The van der Waals surface area contributed by atoms with Crippen LogP contribution in [0.15, 0.2) is 18.2 Å². The lowest BCUT2D eigenvalue weighted by atomic mass is 10.2. The molecular weight excluding hydrogens is 238 g/mol. The van der Waals surface area contributed by atoms with Gasteiger partial charge in [-0.05, 0) is 38.4 Å². The maximum absolute atomic E-state index is 8.67. The van der Waals surface area contributed by atoms with E-state index >= 15 is 0 Å². The van der Waals surface area contributed by atoms with Gasteiger partial charge in [-0.15, -0.1) is 0 Å². The first-order valence-corrected chi connectivity index (χ1v) is 6.33. The molecule has 0 aliphatic carbocycles. The van der Waals surface area contributed by atoms with E-state index in [0.29, 0.717) is 13.2 Å². The Balaban J connectivity index is 2.48. The standard InChI is InChI=1S/C13H20ClNO2/c1-15-10-11-12(14)6-5-7-13(11)17-9-4-2-3-8-16/h5-7,15-16H,2-4,8-10H2,1H3. The van der Waals surface area contributed by atoms with Crippen molar-refractivity contribution in [3.8, 4) is 5.75 Å². The van der Waals surface area contributed by atoms with Gasteiger partial charge in [0.05, 0.1) is 6.61 Å². The van der Waals surface area contributed by atoms with Gasteiger partial charge in [0.1, 0.15) is 5.75 Å². The van der Waals surface area contributed by atoms with E-state index in [9.17, 15) is 0 Å². The average Bonchev–Trinajstić information content (AvgIpc) is 2.33. The van der Waals surface area contributed by atoms with Gasteiger partial charge in [-0.2, -0.15) is 0 Å². The van der Waals surface area contributed by atoms with Crippen molar-refractivity contribution in [1.29, 1.82) is 0 Å². The molecule has 0 amide bonds. The van der Waals surface area contributed by atoms with Gasteiger partial charge >= 0.3 is 0 Å². The number of aliphatic hydroxyl groups is 1. The molecule has 1 aromatic rings. The Kier molecular flexibility index (Phi) is 7.01. The molecule has 2 N–H and O–H groups in total. The Bertz CT molecular complexity index is 331. The normalized spacial score (nSPS) is 10.5. The highest BCUT2D eigenvalue weighted by Gasteiger charge is 2.06. The quantitative estimate of drug-likeness (QED) is 0.704. The van der Waals surface area contributed by atoms with E-state index in [1.807, 2.05) is 25.2 Å². The molecule has 96 valence electrons. The fraction of sp³-hybridized carbons (Fsp3) is 0.538. The van der Waals surface area contributed by atoms with Gasteiger partial charge in [0.2, 0.25) is 0 Å². The second kappa shape index (κ2) is 8.34. The largest absolute Gasteiger partial charge is 0.493 e. The Morgan fingerprint density at radius 2 is 2.12 bits per heavy atom. The first-order chi connectivity index (χ1) is 8.29. The molecule has 0 aliphatic rings. The van der Waals surface area contributed by atoms with Crippen molar-refractivity contribution in [2.45, 2.75) is 25.8 Å². The smallest absolute Gasteiger partial charge is 0.125 e. The summed E-state index contributed by atoms with van der Waals surface area (Å²) in [5.74, 6) is 0.843. The number of halogens is 1. The molecule has 0 spiro atoms. The molecule has 0 saturated heterocycles. The Hall–Kier alpha value is -0.770. The first-order valence-electron chi connectivity index (χ1n) is 5.95. The third-order valence-electron chi connectivity index (χ3n) is 2.49. The van der Waals surface area contributed by atoms with Crippen LogP contribution in [0.25, 0.3) is 0 Å². The maximum atomic E-state index is 8.67. The van der Waals surface area contributed by atoms with E-state index in [-0.39, 0.29) is 6.61 Å². The van der Waals surface area contributed by atoms with Crippen LogP contribution in [0.5, 0.6) is 5.75 Å². The van der Waals surface area contributed by atoms with Crippen LogP contribution in [0.3, 0.4) is 0 Å². The zero-order valence-corrected chi connectivity index (χ0v) is 11.0. The lowest BCUT2D eigenvalue weighted by Gasteiger charge is -2.12. The van der Waals surface area contributed by atoms with Crippen molar-refractivity contribution in [1.82, 2.24) is 5.32 Å². The predicted molar refractivity (Wildman–Crippen MR) is 70.6 cm³/mol. The van der Waals surface area contributed by atoms with Gasteiger partial charge in [0, 0.05) is 23.7 Å². The SMILES string of the molecule is CNCc1c(Cl)cccc1OCCCCCO. The van der Waals surface area contributed by atoms with Crippen molar-refractivity contribution in [2.75, 3.05) is 20.3 Å². The minimum absolute atomic E-state index is 0.252. The van der Waals surface area contributed by atoms with Crippen LogP contribution in [0.1, 0.15) is 24.8 Å². The topological polar surface area (TPSA) is 41.5 Å². The maximum Gasteiger partial charge on any atom is 0.125 e. The second-order valence-electron chi connectivity index (χ2n) is 3.88. The molecule has 0 unspecified atom stereocenters. The van der Waals surface area contributed by atoms with Gasteiger partial charge in [-0.25, -0.2) is 0 Å². The summed E-state index contributed by atoms with van der Waals surface area (Å²) >= 11 is 6.12. The third-order valence-corrected chi connectivity index (χ3v) is 2.84. The minimum atomic E-state index is 0.252. The number of unbranched alkanes of at least 4 members (excludes halogenated alkanes) is 2. The molecule has 0 bridgehead atoms. The lowest BCUT2D eigenvalue weighted by molar-refractivity contribution is 0.265. The Morgan fingerprint density at radius 3 is 2.82 bits per heavy atom. The Morgan fingerprint density at radius 1 is 1.29 bits per heavy atom. The Labute approximate surface area is 108 Å². The van der Waals surface area contributed by atoms with E-state index < -0.39 is 0 Å². The summed E-state index contributed by atoms with van der Waals surface area (Å²) in [4.78, 5) is 0. The number of benzene rings is 1. The van der Waals surface area contributed by atoms with Gasteiger partial charge in [-0.1, -0.05) is 17.7 Å². The lowest BCUT2D eigenvalue weighted by Crippen LogP contribution is -2.08. The highest BCUT2D eigenvalue weighted by atomic mass is 35.5. The summed E-state index contributed by atoms with van der Waals surface area (Å²) in [6, 6.07) is 5.70. The van der Waals surface area contributed by atoms with Crippen LogP contribution < -0.4 is 10.1 Å². The summed E-state index contributed by atoms with van der Waals surface area (Å²) in [6.07, 6.45) is 2.77. The molecule has 0 saturated carbocycles. The van der Waals surface area contributed by atoms with Crippen LogP contribution in [0, 0.1) is 0 Å². The molecule has 4 heteroatoms. The molecular formula is C13H20ClNO2. The van der Waals surface area contributed by atoms with Gasteiger partial charge < -0.3 is 15.2 Å². The van der Waals surface area contributed by atoms with E-state index in [4.69, 9.17) is 21.4 Å². The molecule has 0 radical (unpaired) electrons. The van der Waals surface area contributed by atoms with Gasteiger partial charge in [-0.3, -0.25) is 0 Å². The highest BCUT2D eigenvalue weighted by Crippen LogP contribution is 2.26. The van der Waals surface area contributed by atoms with E-state index in [0.717, 1.165) is 35.6 Å². The highest BCUT2D eigenvalue weighted by molar-refractivity contribution is 6.31. The number of ether oxygens (including phenoxy) is 1. The van der Waals surface area contributed by atoms with Crippen LogP contribution in [0.2, 0.25) is 5.02 Å². The summed E-state index contributed by atoms with van der Waals surface area (Å²) < 4.78 is 5.71. The summed E-state index contributed by atoms with van der Waals surface area (Å²) in [5.41, 5.74) is 0.999. The number of nitrogens with one attached hydrogen (secondary N) is 1. The first kappa shape index (κ1) is 14.3. The molecule has 3 nitrogen and oxygen atoms in total. The van der Waals surface area contributed by atoms with Crippen molar-refractivity contribution in [3.05, 3.63) is 28.8 Å².